The van der Waals surface area contributed by atoms with E-state index in [0.29, 0.717) is 4.47 Å². The van der Waals surface area contributed by atoms with Crippen molar-refractivity contribution in [3.63, 3.8) is 0 Å². The Morgan fingerprint density at radius 1 is 1.18 bits per heavy atom. The average Bonchev–Trinajstić information content (AvgIpc) is 2.28. The van der Waals surface area contributed by atoms with Gasteiger partial charge in [-0.25, -0.2) is 9.37 Å². The molecule has 0 aliphatic rings. The molecule has 0 atom stereocenters. The number of halogens is 3. The second kappa shape index (κ2) is 5.60. The van der Waals surface area contributed by atoms with Crippen LogP contribution in [0.1, 0.15) is 5.56 Å². The molecule has 1 aromatic heterocycles. The molecule has 5 heteroatoms. The summed E-state index contributed by atoms with van der Waals surface area (Å²) in [5, 5.41) is 0. The summed E-state index contributed by atoms with van der Waals surface area (Å²) in [6, 6.07) is 8.96. The normalized spacial score (nSPS) is 10.3. The van der Waals surface area contributed by atoms with Gasteiger partial charge in [0.25, 0.3) is 5.88 Å². The molecule has 17 heavy (non-hydrogen) atoms. The van der Waals surface area contributed by atoms with Crippen LogP contribution in [0.4, 0.5) is 4.39 Å². The Morgan fingerprint density at radius 3 is 2.71 bits per heavy atom. The summed E-state index contributed by atoms with van der Waals surface area (Å²) >= 11 is 6.50. The number of hydrogen-bond acceptors (Lipinski definition) is 2. The van der Waals surface area contributed by atoms with Crippen molar-refractivity contribution in [2.24, 2.45) is 0 Å². The highest BCUT2D eigenvalue weighted by Crippen LogP contribution is 2.19. The van der Waals surface area contributed by atoms with Gasteiger partial charge in [-0.3, -0.25) is 0 Å². The lowest BCUT2D eigenvalue weighted by Gasteiger charge is -2.06. The molecule has 88 valence electrons. The maximum absolute atomic E-state index is 13.4. The lowest BCUT2D eigenvalue weighted by atomic mass is 10.2. The average molecular weight is 361 g/mol. The lowest BCUT2D eigenvalue weighted by Crippen LogP contribution is -1.99. The van der Waals surface area contributed by atoms with E-state index in [-0.39, 0.29) is 12.5 Å². The Hall–Kier alpha value is -0.940. The van der Waals surface area contributed by atoms with Gasteiger partial charge in [-0.05, 0) is 39.7 Å². The van der Waals surface area contributed by atoms with Crippen molar-refractivity contribution in [2.45, 2.75) is 6.61 Å². The number of hydrogen-bond donors (Lipinski definition) is 0. The molecule has 2 rings (SSSR count). The Kier molecular flexibility index (Phi) is 4.12. The summed E-state index contributed by atoms with van der Waals surface area (Å²) in [6.45, 7) is 0.283. The van der Waals surface area contributed by atoms with Crippen LogP contribution in [0.5, 0.6) is 5.88 Å². The van der Waals surface area contributed by atoms with E-state index in [1.165, 1.54) is 12.3 Å². The van der Waals surface area contributed by atoms with Crippen LogP contribution in [0.15, 0.2) is 45.5 Å². The molecule has 0 N–H and O–H groups in total. The molecule has 0 amide bonds. The number of aromatic nitrogens is 1. The summed E-state index contributed by atoms with van der Waals surface area (Å²) in [4.78, 5) is 3.86. The van der Waals surface area contributed by atoms with Gasteiger partial charge in [0.2, 0.25) is 0 Å². The van der Waals surface area contributed by atoms with Gasteiger partial charge in [0.15, 0.2) is 5.82 Å². The van der Waals surface area contributed by atoms with Crippen LogP contribution >= 0.6 is 31.9 Å². The third kappa shape index (κ3) is 3.51. The Labute approximate surface area is 115 Å². The maximum Gasteiger partial charge on any atom is 0.250 e. The highest BCUT2D eigenvalue weighted by atomic mass is 79.9. The molecule has 2 aromatic rings. The third-order valence-electron chi connectivity index (χ3n) is 2.04. The minimum absolute atomic E-state index is 0.00757. The number of benzene rings is 1. The van der Waals surface area contributed by atoms with E-state index < -0.39 is 5.82 Å². The van der Waals surface area contributed by atoms with E-state index in [1.807, 2.05) is 24.3 Å². The zero-order chi connectivity index (χ0) is 12.3. The van der Waals surface area contributed by atoms with Crippen molar-refractivity contribution in [1.29, 1.82) is 0 Å². The lowest BCUT2D eigenvalue weighted by molar-refractivity contribution is 0.277. The zero-order valence-corrected chi connectivity index (χ0v) is 11.8. The van der Waals surface area contributed by atoms with E-state index in [2.05, 4.69) is 36.8 Å². The molecule has 1 aromatic carbocycles. The van der Waals surface area contributed by atoms with Crippen molar-refractivity contribution >= 4 is 31.9 Å². The largest absolute Gasteiger partial charge is 0.471 e. The van der Waals surface area contributed by atoms with Crippen LogP contribution in [-0.2, 0) is 6.61 Å². The fourth-order valence-electron chi connectivity index (χ4n) is 1.29. The van der Waals surface area contributed by atoms with E-state index in [9.17, 15) is 4.39 Å². The number of nitrogens with zero attached hydrogens (tertiary/aromatic N) is 1. The molecule has 0 bridgehead atoms. The van der Waals surface area contributed by atoms with E-state index >= 15 is 0 Å². The number of rotatable bonds is 3. The smallest absolute Gasteiger partial charge is 0.250 e. The quantitative estimate of drug-likeness (QED) is 0.812. The summed E-state index contributed by atoms with van der Waals surface area (Å²) in [6.07, 6.45) is 1.50. The van der Waals surface area contributed by atoms with Crippen molar-refractivity contribution < 1.29 is 9.13 Å². The maximum atomic E-state index is 13.4. The van der Waals surface area contributed by atoms with Crippen LogP contribution in [0.25, 0.3) is 0 Å². The van der Waals surface area contributed by atoms with Gasteiger partial charge in [-0.2, -0.15) is 0 Å². The third-order valence-corrected chi connectivity index (χ3v) is 2.97. The first kappa shape index (κ1) is 12.5. The van der Waals surface area contributed by atoms with Crippen LogP contribution < -0.4 is 4.74 Å². The Morgan fingerprint density at radius 2 is 2.00 bits per heavy atom. The van der Waals surface area contributed by atoms with Gasteiger partial charge in [0.05, 0.1) is 0 Å². The summed E-state index contributed by atoms with van der Waals surface area (Å²) < 4.78 is 20.3. The number of pyridine rings is 1. The van der Waals surface area contributed by atoms with Crippen molar-refractivity contribution in [3.05, 3.63) is 56.9 Å². The van der Waals surface area contributed by atoms with E-state index in [4.69, 9.17) is 4.74 Å². The Bertz CT molecular complexity index is 534. The van der Waals surface area contributed by atoms with E-state index in [1.54, 1.807) is 0 Å². The molecular formula is C12H8Br2FNO. The molecule has 0 fully saturated rings. The standard InChI is InChI=1S/C12H8Br2FNO/c13-9-3-1-2-8(4-9)7-17-12-11(15)5-10(14)6-16-12/h1-6H,7H2. The second-order valence-electron chi connectivity index (χ2n) is 3.36. The highest BCUT2D eigenvalue weighted by Gasteiger charge is 2.06. The molecule has 0 aliphatic carbocycles. The summed E-state index contributed by atoms with van der Waals surface area (Å²) in [5.41, 5.74) is 0.948. The molecule has 0 unspecified atom stereocenters. The molecular weight excluding hydrogens is 353 g/mol. The van der Waals surface area contributed by atoms with Gasteiger partial charge < -0.3 is 4.74 Å². The van der Waals surface area contributed by atoms with Crippen LogP contribution in [0, 0.1) is 5.82 Å². The minimum atomic E-state index is -0.477. The van der Waals surface area contributed by atoms with Crippen LogP contribution in [0.3, 0.4) is 0 Å². The molecule has 2 nitrogen and oxygen atoms in total. The molecule has 0 aliphatic heterocycles. The summed E-state index contributed by atoms with van der Waals surface area (Å²) in [7, 11) is 0. The predicted molar refractivity (Wildman–Crippen MR) is 70.4 cm³/mol. The predicted octanol–water partition coefficient (Wildman–Crippen LogP) is 4.32. The first-order valence-electron chi connectivity index (χ1n) is 4.83. The second-order valence-corrected chi connectivity index (χ2v) is 5.19. The van der Waals surface area contributed by atoms with Crippen molar-refractivity contribution in [3.8, 4) is 5.88 Å². The SMILES string of the molecule is Fc1cc(Br)cnc1OCc1cccc(Br)c1. The monoisotopic (exact) mass is 359 g/mol. The molecule has 0 saturated heterocycles. The van der Waals surface area contributed by atoms with Gasteiger partial charge in [0.1, 0.15) is 6.61 Å². The molecule has 1 heterocycles. The van der Waals surface area contributed by atoms with Gasteiger partial charge >= 0.3 is 0 Å². The minimum Gasteiger partial charge on any atom is -0.471 e. The fourth-order valence-corrected chi connectivity index (χ4v) is 2.04. The van der Waals surface area contributed by atoms with Crippen molar-refractivity contribution in [1.82, 2.24) is 4.98 Å². The fraction of sp³-hybridized carbons (Fsp3) is 0.0833. The topological polar surface area (TPSA) is 22.1 Å². The zero-order valence-electron chi connectivity index (χ0n) is 8.66. The van der Waals surface area contributed by atoms with Gasteiger partial charge in [0, 0.05) is 15.1 Å². The first-order chi connectivity index (χ1) is 8.15. The molecule has 0 radical (unpaired) electrons. The Balaban J connectivity index is 2.07. The van der Waals surface area contributed by atoms with Crippen molar-refractivity contribution in [2.75, 3.05) is 0 Å². The first-order valence-corrected chi connectivity index (χ1v) is 6.42. The van der Waals surface area contributed by atoms with Crippen LogP contribution in [-0.4, -0.2) is 4.98 Å². The van der Waals surface area contributed by atoms with Gasteiger partial charge in [-0.15, -0.1) is 0 Å². The van der Waals surface area contributed by atoms with Crippen LogP contribution in [0.2, 0.25) is 0 Å². The molecule has 0 saturated carbocycles. The van der Waals surface area contributed by atoms with Gasteiger partial charge in [-0.1, -0.05) is 28.1 Å². The van der Waals surface area contributed by atoms with E-state index in [0.717, 1.165) is 10.0 Å². The summed E-state index contributed by atoms with van der Waals surface area (Å²) in [5.74, 6) is -0.470. The highest BCUT2D eigenvalue weighted by molar-refractivity contribution is 9.10. The molecule has 0 spiro atoms. The number of ether oxygens (including phenoxy) is 1.